The molecule has 0 saturated carbocycles. The molecular formula is C8H21Al. The van der Waals surface area contributed by atoms with E-state index in [1.807, 2.05) is 0 Å². The van der Waals surface area contributed by atoms with Crippen molar-refractivity contribution in [3.63, 3.8) is 0 Å². The second kappa shape index (κ2) is 11.3. The van der Waals surface area contributed by atoms with E-state index in [1.54, 1.807) is 0 Å². The average Bonchev–Trinajstić information content (AvgIpc) is 1.67. The molecule has 0 aliphatic heterocycles. The Bertz CT molecular complexity index is 33.5. The summed E-state index contributed by atoms with van der Waals surface area (Å²) in [5.74, 6) is 0.933. The predicted octanol–water partition coefficient (Wildman–Crippen LogP) is 2.50. The fourth-order valence-corrected chi connectivity index (χ4v) is 1.73. The van der Waals surface area contributed by atoms with Crippen LogP contribution in [-0.2, 0) is 0 Å². The zero-order valence-electron chi connectivity index (χ0n) is 7.70. The summed E-state index contributed by atoms with van der Waals surface area (Å²) in [4.78, 5) is 0. The van der Waals surface area contributed by atoms with Gasteiger partial charge in [-0.25, -0.2) is 0 Å². The van der Waals surface area contributed by atoms with Crippen molar-refractivity contribution in [2.45, 2.75) is 45.8 Å². The molecule has 0 aliphatic rings. The summed E-state index contributed by atoms with van der Waals surface area (Å²) in [6.45, 7) is 8.80. The maximum absolute atomic E-state index is 2.28. The molecule has 0 N–H and O–H groups in total. The Kier molecular flexibility index (Phi) is 15.4. The molecule has 0 amide bonds. The molecule has 0 aromatic rings. The highest BCUT2D eigenvalue weighted by atomic mass is 27.0. The van der Waals surface area contributed by atoms with Gasteiger partial charge in [0.05, 0.1) is 0 Å². The van der Waals surface area contributed by atoms with Crippen LogP contribution in [-0.4, -0.2) is 16.3 Å². The van der Waals surface area contributed by atoms with Gasteiger partial charge in [0.25, 0.3) is 0 Å². The third kappa shape index (κ3) is 29.2. The van der Waals surface area contributed by atoms with E-state index in [2.05, 4.69) is 27.7 Å². The van der Waals surface area contributed by atoms with Gasteiger partial charge in [-0.1, -0.05) is 40.5 Å². The summed E-state index contributed by atoms with van der Waals surface area (Å²) in [5, 5.41) is 1.47. The van der Waals surface area contributed by atoms with Gasteiger partial charge in [-0.15, -0.1) is 5.28 Å². The molecule has 0 heterocycles. The monoisotopic (exact) mass is 144 g/mol. The molecule has 56 valence electrons. The fraction of sp³-hybridized carbons (Fsp3) is 1.00. The van der Waals surface area contributed by atoms with Gasteiger partial charge in [-0.2, -0.15) is 0 Å². The van der Waals surface area contributed by atoms with Crippen molar-refractivity contribution in [1.29, 1.82) is 0 Å². The van der Waals surface area contributed by atoms with Crippen LogP contribution in [0.4, 0.5) is 0 Å². The minimum Gasteiger partial charge on any atom is -0.101 e. The molecule has 0 rings (SSSR count). The number of rotatable bonds is 2. The Morgan fingerprint density at radius 1 is 1.22 bits per heavy atom. The summed E-state index contributed by atoms with van der Waals surface area (Å²) in [5.41, 5.74) is 0. The Hall–Kier alpha value is 0.532. The first-order chi connectivity index (χ1) is 4.18. The van der Waals surface area contributed by atoms with Gasteiger partial charge < -0.3 is 0 Å². The van der Waals surface area contributed by atoms with E-state index in [0.717, 1.165) is 5.92 Å². The zero-order valence-corrected chi connectivity index (χ0v) is 9.70. The van der Waals surface area contributed by atoms with Crippen molar-refractivity contribution in [3.05, 3.63) is 0 Å². The standard InChI is InChI=1S/C5H11.C3H8.Al.2H/c1-4-5(2)3;1-3-2;;;/h5H,1,4H2,2-3H3;3H2,1-2H3;;;. The largest absolute Gasteiger partial charge is 0.211 e. The SMILES string of the molecule is CC(C)C[CH2][AlH2].CCC. The van der Waals surface area contributed by atoms with Gasteiger partial charge in [0.1, 0.15) is 0 Å². The summed E-state index contributed by atoms with van der Waals surface area (Å²) in [6.07, 6.45) is 2.69. The Morgan fingerprint density at radius 2 is 1.56 bits per heavy atom. The van der Waals surface area contributed by atoms with E-state index in [9.17, 15) is 0 Å². The van der Waals surface area contributed by atoms with Crippen molar-refractivity contribution in [2.24, 2.45) is 5.92 Å². The van der Waals surface area contributed by atoms with Crippen molar-refractivity contribution >= 4 is 16.3 Å². The second-order valence-corrected chi connectivity index (χ2v) is 3.89. The summed E-state index contributed by atoms with van der Waals surface area (Å²) in [6, 6.07) is 0. The van der Waals surface area contributed by atoms with Gasteiger partial charge >= 0.3 is 0 Å². The van der Waals surface area contributed by atoms with Gasteiger partial charge in [0.15, 0.2) is 0 Å². The summed E-state index contributed by atoms with van der Waals surface area (Å²) in [7, 11) is 0. The molecule has 1 heteroatoms. The molecule has 0 bridgehead atoms. The minimum atomic E-state index is 0.933. The van der Waals surface area contributed by atoms with E-state index < -0.39 is 0 Å². The molecule has 0 spiro atoms. The smallest absolute Gasteiger partial charge is 0.101 e. The third-order valence-electron chi connectivity index (χ3n) is 0.866. The summed E-state index contributed by atoms with van der Waals surface area (Å²) < 4.78 is 0. The maximum atomic E-state index is 2.28. The molecular weight excluding hydrogens is 123 g/mol. The lowest BCUT2D eigenvalue weighted by Gasteiger charge is -1.95. The molecule has 0 saturated heterocycles. The zero-order chi connectivity index (χ0) is 7.70. The lowest BCUT2D eigenvalue weighted by atomic mass is 10.2. The molecule has 0 radical (unpaired) electrons. The second-order valence-electron chi connectivity index (χ2n) is 2.89. The number of hydrogen-bond donors (Lipinski definition) is 0. The highest BCUT2D eigenvalue weighted by Gasteiger charge is 1.85. The highest BCUT2D eigenvalue weighted by molar-refractivity contribution is 6.08. The average molecular weight is 144 g/mol. The molecule has 0 aromatic carbocycles. The molecule has 0 unspecified atom stereocenters. The first-order valence-corrected chi connectivity index (χ1v) is 5.60. The van der Waals surface area contributed by atoms with Crippen molar-refractivity contribution < 1.29 is 0 Å². The van der Waals surface area contributed by atoms with Gasteiger partial charge in [0, 0.05) is 0 Å². The molecule has 9 heavy (non-hydrogen) atoms. The predicted molar refractivity (Wildman–Crippen MR) is 48.8 cm³/mol. The van der Waals surface area contributed by atoms with Gasteiger partial charge in [0.2, 0.25) is 16.3 Å². The topological polar surface area (TPSA) is 0 Å². The van der Waals surface area contributed by atoms with E-state index in [-0.39, 0.29) is 0 Å². The lowest BCUT2D eigenvalue weighted by molar-refractivity contribution is 0.626. The van der Waals surface area contributed by atoms with Crippen LogP contribution in [0.5, 0.6) is 0 Å². The first kappa shape index (κ1) is 12.2. The van der Waals surface area contributed by atoms with Crippen LogP contribution in [0.1, 0.15) is 40.5 Å². The lowest BCUT2D eigenvalue weighted by Crippen LogP contribution is -1.83. The van der Waals surface area contributed by atoms with Crippen LogP contribution in [0.15, 0.2) is 0 Å². The maximum Gasteiger partial charge on any atom is 0.211 e. The van der Waals surface area contributed by atoms with E-state index in [0.29, 0.717) is 0 Å². The van der Waals surface area contributed by atoms with Crippen LogP contribution < -0.4 is 0 Å². The molecule has 0 aromatic heterocycles. The van der Waals surface area contributed by atoms with Crippen molar-refractivity contribution in [1.82, 2.24) is 0 Å². The number of hydrogen-bond acceptors (Lipinski definition) is 0. The van der Waals surface area contributed by atoms with Crippen molar-refractivity contribution in [3.8, 4) is 0 Å². The van der Waals surface area contributed by atoms with Crippen LogP contribution >= 0.6 is 0 Å². The molecule has 0 aliphatic carbocycles. The first-order valence-electron chi connectivity index (χ1n) is 4.18. The quantitative estimate of drug-likeness (QED) is 0.522. The van der Waals surface area contributed by atoms with Crippen molar-refractivity contribution in [2.75, 3.05) is 0 Å². The Balaban J connectivity index is 0. The Morgan fingerprint density at radius 3 is 1.56 bits per heavy atom. The minimum absolute atomic E-state index is 0.933. The highest BCUT2D eigenvalue weighted by Crippen LogP contribution is 1.99. The normalized spacial score (nSPS) is 8.56. The van der Waals surface area contributed by atoms with Crippen LogP contribution in [0.3, 0.4) is 0 Å². The molecule has 0 nitrogen and oxygen atoms in total. The van der Waals surface area contributed by atoms with Crippen LogP contribution in [0.25, 0.3) is 0 Å². The fourth-order valence-electron chi connectivity index (χ4n) is 0.577. The molecule has 0 atom stereocenters. The van der Waals surface area contributed by atoms with Gasteiger partial charge in [-0.3, -0.25) is 0 Å². The van der Waals surface area contributed by atoms with E-state index in [1.165, 1.54) is 34.4 Å². The Labute approximate surface area is 68.5 Å². The third-order valence-corrected chi connectivity index (χ3v) is 1.44. The van der Waals surface area contributed by atoms with Crippen LogP contribution in [0, 0.1) is 5.92 Å². The van der Waals surface area contributed by atoms with E-state index in [4.69, 9.17) is 0 Å². The summed E-state index contributed by atoms with van der Waals surface area (Å²) >= 11 is 1.39. The molecule has 0 fully saturated rings. The van der Waals surface area contributed by atoms with Gasteiger partial charge in [-0.05, 0) is 5.92 Å². The van der Waals surface area contributed by atoms with Crippen LogP contribution in [0.2, 0.25) is 5.28 Å². The van der Waals surface area contributed by atoms with E-state index >= 15 is 0 Å².